The molecule has 3 N–H and O–H groups in total. The molecule has 1 atom stereocenters. The molecule has 0 aliphatic carbocycles. The molecule has 0 bridgehead atoms. The van der Waals surface area contributed by atoms with E-state index < -0.39 is 11.9 Å². The van der Waals surface area contributed by atoms with Gasteiger partial charge in [0.15, 0.2) is 0 Å². The largest absolute Gasteiger partial charge is 0.398 e. The van der Waals surface area contributed by atoms with Crippen LogP contribution in [0.25, 0.3) is 0 Å². The van der Waals surface area contributed by atoms with Gasteiger partial charge in [0.25, 0.3) is 11.8 Å². The standard InChI is InChI=1S/C13H15N3O3/c1-16-11(17)7-6-10(13(16)19)15-12(18)8-4-2-3-5-9(8)14/h2-5,10H,6-7,14H2,1H3,(H,15,18). The van der Waals surface area contributed by atoms with Crippen LogP contribution >= 0.6 is 0 Å². The Morgan fingerprint density at radius 2 is 2.05 bits per heavy atom. The van der Waals surface area contributed by atoms with Crippen LogP contribution in [0.1, 0.15) is 23.2 Å². The van der Waals surface area contributed by atoms with Crippen LogP contribution in [0.4, 0.5) is 5.69 Å². The maximum Gasteiger partial charge on any atom is 0.254 e. The number of nitrogens with two attached hydrogens (primary N) is 1. The number of hydrogen-bond donors (Lipinski definition) is 2. The molecule has 1 unspecified atom stereocenters. The highest BCUT2D eigenvalue weighted by Crippen LogP contribution is 2.14. The van der Waals surface area contributed by atoms with Crippen molar-refractivity contribution in [3.8, 4) is 0 Å². The van der Waals surface area contributed by atoms with Crippen LogP contribution in [0, 0.1) is 0 Å². The summed E-state index contributed by atoms with van der Waals surface area (Å²) in [7, 11) is 1.42. The van der Waals surface area contributed by atoms with Crippen molar-refractivity contribution in [2.24, 2.45) is 0 Å². The SMILES string of the molecule is CN1C(=O)CCC(NC(=O)c2ccccc2N)C1=O. The minimum atomic E-state index is -0.671. The number of carbonyl (C=O) groups is 3. The molecule has 100 valence electrons. The zero-order valence-corrected chi connectivity index (χ0v) is 10.6. The van der Waals surface area contributed by atoms with E-state index in [-0.39, 0.29) is 18.2 Å². The van der Waals surface area contributed by atoms with Gasteiger partial charge in [-0.25, -0.2) is 0 Å². The fourth-order valence-electron chi connectivity index (χ4n) is 1.99. The molecule has 3 amide bonds. The lowest BCUT2D eigenvalue weighted by Crippen LogP contribution is -2.52. The molecular formula is C13H15N3O3. The van der Waals surface area contributed by atoms with Crippen molar-refractivity contribution in [3.63, 3.8) is 0 Å². The average Bonchev–Trinajstić information content (AvgIpc) is 2.40. The van der Waals surface area contributed by atoms with E-state index in [1.165, 1.54) is 7.05 Å². The third-order valence-electron chi connectivity index (χ3n) is 3.16. The quantitative estimate of drug-likeness (QED) is 0.585. The molecule has 6 heteroatoms. The summed E-state index contributed by atoms with van der Waals surface area (Å²) in [5.74, 6) is -1.02. The van der Waals surface area contributed by atoms with Gasteiger partial charge in [0.1, 0.15) is 6.04 Å². The minimum Gasteiger partial charge on any atom is -0.398 e. The minimum absolute atomic E-state index is 0.227. The van der Waals surface area contributed by atoms with E-state index >= 15 is 0 Å². The number of imide groups is 1. The van der Waals surface area contributed by atoms with Crippen molar-refractivity contribution in [2.75, 3.05) is 12.8 Å². The third-order valence-corrected chi connectivity index (χ3v) is 3.16. The van der Waals surface area contributed by atoms with Crippen LogP contribution in [-0.4, -0.2) is 35.7 Å². The van der Waals surface area contributed by atoms with Gasteiger partial charge in [-0.1, -0.05) is 12.1 Å². The number of hydrogen-bond acceptors (Lipinski definition) is 4. The van der Waals surface area contributed by atoms with Crippen molar-refractivity contribution >= 4 is 23.4 Å². The number of benzene rings is 1. The van der Waals surface area contributed by atoms with Gasteiger partial charge in [-0.05, 0) is 18.6 Å². The predicted octanol–water partition coefficient (Wildman–Crippen LogP) is 0.146. The topological polar surface area (TPSA) is 92.5 Å². The molecule has 0 radical (unpaired) electrons. The zero-order valence-electron chi connectivity index (χ0n) is 10.6. The van der Waals surface area contributed by atoms with E-state index in [9.17, 15) is 14.4 Å². The molecule has 1 heterocycles. The van der Waals surface area contributed by atoms with E-state index in [1.54, 1.807) is 24.3 Å². The molecule has 1 aliphatic rings. The molecule has 2 rings (SSSR count). The number of para-hydroxylation sites is 1. The van der Waals surface area contributed by atoms with Crippen LogP contribution in [0.5, 0.6) is 0 Å². The molecule has 0 aromatic heterocycles. The van der Waals surface area contributed by atoms with Gasteiger partial charge in [0.05, 0.1) is 5.56 Å². The summed E-state index contributed by atoms with van der Waals surface area (Å²) in [6, 6.07) is 5.96. The lowest BCUT2D eigenvalue weighted by molar-refractivity contribution is -0.147. The summed E-state index contributed by atoms with van der Waals surface area (Å²) in [6.45, 7) is 0. The molecule has 1 saturated heterocycles. The lowest BCUT2D eigenvalue weighted by atomic mass is 10.0. The first-order valence-corrected chi connectivity index (χ1v) is 5.96. The number of rotatable bonds is 2. The Hall–Kier alpha value is -2.37. The van der Waals surface area contributed by atoms with Crippen LogP contribution in [0.15, 0.2) is 24.3 Å². The van der Waals surface area contributed by atoms with Crippen LogP contribution in [-0.2, 0) is 9.59 Å². The van der Waals surface area contributed by atoms with Gasteiger partial charge in [-0.3, -0.25) is 19.3 Å². The number of amides is 3. The van der Waals surface area contributed by atoms with E-state index in [2.05, 4.69) is 5.32 Å². The monoisotopic (exact) mass is 261 g/mol. The van der Waals surface area contributed by atoms with Crippen LogP contribution < -0.4 is 11.1 Å². The number of anilines is 1. The Morgan fingerprint density at radius 1 is 1.37 bits per heavy atom. The first kappa shape index (κ1) is 13.1. The lowest BCUT2D eigenvalue weighted by Gasteiger charge is -2.28. The van der Waals surface area contributed by atoms with E-state index in [1.807, 2.05) is 0 Å². The number of piperidine rings is 1. The fourth-order valence-corrected chi connectivity index (χ4v) is 1.99. The maximum absolute atomic E-state index is 12.0. The van der Waals surface area contributed by atoms with Gasteiger partial charge in [0.2, 0.25) is 5.91 Å². The molecule has 19 heavy (non-hydrogen) atoms. The molecule has 0 spiro atoms. The summed E-state index contributed by atoms with van der Waals surface area (Å²) in [5, 5.41) is 2.61. The molecular weight excluding hydrogens is 246 g/mol. The highest BCUT2D eigenvalue weighted by atomic mass is 16.2. The average molecular weight is 261 g/mol. The van der Waals surface area contributed by atoms with Crippen LogP contribution in [0.3, 0.4) is 0 Å². The number of nitrogen functional groups attached to an aromatic ring is 1. The Balaban J connectivity index is 2.10. The number of carbonyl (C=O) groups excluding carboxylic acids is 3. The fraction of sp³-hybridized carbons (Fsp3) is 0.308. The van der Waals surface area contributed by atoms with E-state index in [0.717, 1.165) is 4.90 Å². The van der Waals surface area contributed by atoms with Crippen molar-refractivity contribution in [3.05, 3.63) is 29.8 Å². The number of likely N-dealkylation sites (tertiary alicyclic amines) is 1. The molecule has 1 aliphatic heterocycles. The molecule has 6 nitrogen and oxygen atoms in total. The van der Waals surface area contributed by atoms with Gasteiger partial charge in [-0.2, -0.15) is 0 Å². The Labute approximate surface area is 110 Å². The highest BCUT2D eigenvalue weighted by molar-refractivity contribution is 6.05. The molecule has 1 aromatic carbocycles. The maximum atomic E-state index is 12.0. The summed E-state index contributed by atoms with van der Waals surface area (Å²) in [4.78, 5) is 36.2. The molecule has 1 fully saturated rings. The van der Waals surface area contributed by atoms with Crippen molar-refractivity contribution in [2.45, 2.75) is 18.9 Å². The second kappa shape index (κ2) is 5.09. The summed E-state index contributed by atoms with van der Waals surface area (Å²) >= 11 is 0. The molecule has 0 saturated carbocycles. The third kappa shape index (κ3) is 2.57. The van der Waals surface area contributed by atoms with E-state index in [4.69, 9.17) is 5.73 Å². The molecule has 1 aromatic rings. The van der Waals surface area contributed by atoms with Gasteiger partial charge in [-0.15, -0.1) is 0 Å². The summed E-state index contributed by atoms with van der Waals surface area (Å²) in [5.41, 5.74) is 6.38. The number of nitrogens with one attached hydrogen (secondary N) is 1. The van der Waals surface area contributed by atoms with Gasteiger partial charge in [0, 0.05) is 19.2 Å². The second-order valence-corrected chi connectivity index (χ2v) is 4.44. The first-order chi connectivity index (χ1) is 9.00. The number of likely N-dealkylation sites (N-methyl/N-ethyl adjacent to an activating group) is 1. The first-order valence-electron chi connectivity index (χ1n) is 5.96. The van der Waals surface area contributed by atoms with Crippen molar-refractivity contribution in [1.82, 2.24) is 10.2 Å². The zero-order chi connectivity index (χ0) is 14.0. The summed E-state index contributed by atoms with van der Waals surface area (Å²) in [6.07, 6.45) is 0.567. The Bertz CT molecular complexity index is 542. The van der Waals surface area contributed by atoms with Gasteiger partial charge < -0.3 is 11.1 Å². The van der Waals surface area contributed by atoms with E-state index in [0.29, 0.717) is 17.7 Å². The van der Waals surface area contributed by atoms with Gasteiger partial charge >= 0.3 is 0 Å². The number of nitrogens with zero attached hydrogens (tertiary/aromatic N) is 1. The van der Waals surface area contributed by atoms with Crippen LogP contribution in [0.2, 0.25) is 0 Å². The predicted molar refractivity (Wildman–Crippen MR) is 69.1 cm³/mol. The normalized spacial score (nSPS) is 19.4. The van der Waals surface area contributed by atoms with Crippen molar-refractivity contribution in [1.29, 1.82) is 0 Å². The second-order valence-electron chi connectivity index (χ2n) is 4.44. The Morgan fingerprint density at radius 3 is 2.74 bits per heavy atom. The smallest absolute Gasteiger partial charge is 0.254 e. The Kier molecular flexibility index (Phi) is 3.50. The van der Waals surface area contributed by atoms with Crippen molar-refractivity contribution < 1.29 is 14.4 Å². The summed E-state index contributed by atoms with van der Waals surface area (Å²) < 4.78 is 0. The highest BCUT2D eigenvalue weighted by Gasteiger charge is 2.32.